The van der Waals surface area contributed by atoms with Crippen LogP contribution in [0.5, 0.6) is 11.5 Å². The highest BCUT2D eigenvalue weighted by Gasteiger charge is 2.11. The Morgan fingerprint density at radius 2 is 1.73 bits per heavy atom. The van der Waals surface area contributed by atoms with Gasteiger partial charge in [0.05, 0.1) is 13.7 Å². The monoisotopic (exact) mass is 478 g/mol. The fourth-order valence-electron chi connectivity index (χ4n) is 2.63. The second kappa shape index (κ2) is 13.9. The molecule has 0 heterocycles. The molecule has 1 rings (SSSR count). The molecule has 150 valence electrons. The molecule has 0 fully saturated rings. The first-order valence-corrected chi connectivity index (χ1v) is 9.03. The van der Waals surface area contributed by atoms with Gasteiger partial charge in [-0.2, -0.15) is 0 Å². The van der Waals surface area contributed by atoms with Crippen molar-refractivity contribution in [2.24, 2.45) is 4.99 Å². The van der Waals surface area contributed by atoms with E-state index in [1.807, 2.05) is 31.2 Å². The first kappa shape index (κ1) is 24.8. The summed E-state index contributed by atoms with van der Waals surface area (Å²) in [6.45, 7) is 12.2. The number of hydrogen-bond acceptors (Lipinski definition) is 4. The van der Waals surface area contributed by atoms with Crippen LogP contribution in [0.3, 0.4) is 0 Å². The van der Waals surface area contributed by atoms with Gasteiger partial charge >= 0.3 is 0 Å². The van der Waals surface area contributed by atoms with Crippen molar-refractivity contribution in [3.8, 4) is 11.5 Å². The summed E-state index contributed by atoms with van der Waals surface area (Å²) in [5.74, 6) is 2.38. The number of nitrogens with zero attached hydrogens (tertiary/aromatic N) is 2. The molecule has 0 radical (unpaired) electrons. The number of methoxy groups -OCH3 is 1. The maximum Gasteiger partial charge on any atom is 0.191 e. The van der Waals surface area contributed by atoms with Gasteiger partial charge in [-0.1, -0.05) is 19.9 Å². The Labute approximate surface area is 175 Å². The first-order valence-electron chi connectivity index (χ1n) is 9.03. The third-order valence-corrected chi connectivity index (χ3v) is 4.16. The molecular formula is C19H35IN4O2. The maximum atomic E-state index is 5.92. The number of likely N-dealkylation sites (N-methyl/N-ethyl adjacent to an activating group) is 1. The van der Waals surface area contributed by atoms with Crippen LogP contribution in [0.4, 0.5) is 0 Å². The van der Waals surface area contributed by atoms with Crippen molar-refractivity contribution in [1.29, 1.82) is 0 Å². The van der Waals surface area contributed by atoms with Gasteiger partial charge in [-0.3, -0.25) is 9.89 Å². The highest BCUT2D eigenvalue weighted by Crippen LogP contribution is 2.19. The lowest BCUT2D eigenvalue weighted by molar-refractivity contribution is 0.221. The molecule has 26 heavy (non-hydrogen) atoms. The molecule has 2 atom stereocenters. The van der Waals surface area contributed by atoms with E-state index in [1.54, 1.807) is 14.2 Å². The Balaban J connectivity index is 0.00000625. The fourth-order valence-corrected chi connectivity index (χ4v) is 2.63. The van der Waals surface area contributed by atoms with Gasteiger partial charge in [-0.25, -0.2) is 0 Å². The standard InChI is InChI=1S/C19H34N4O2.HI/c1-7-23(8-2)15(3)13-21-19(20-5)22-14-16(4)25-18-11-9-10-17(12-18)24-6;/h9-12,15-16H,7-8,13-14H2,1-6H3,(H2,20,21,22);1H. The van der Waals surface area contributed by atoms with Gasteiger partial charge in [0, 0.05) is 25.7 Å². The SMILES string of the molecule is CCN(CC)C(C)CNC(=NC)NCC(C)Oc1cccc(OC)c1.I. The molecule has 0 aliphatic heterocycles. The van der Waals surface area contributed by atoms with Crippen LogP contribution in [0, 0.1) is 0 Å². The average Bonchev–Trinajstić information content (AvgIpc) is 2.63. The predicted molar refractivity (Wildman–Crippen MR) is 120 cm³/mol. The maximum absolute atomic E-state index is 5.92. The van der Waals surface area contributed by atoms with E-state index < -0.39 is 0 Å². The molecule has 7 heteroatoms. The molecule has 6 nitrogen and oxygen atoms in total. The van der Waals surface area contributed by atoms with E-state index in [-0.39, 0.29) is 30.1 Å². The minimum Gasteiger partial charge on any atom is -0.497 e. The van der Waals surface area contributed by atoms with Crippen LogP contribution >= 0.6 is 24.0 Å². The number of rotatable bonds is 10. The molecule has 0 spiro atoms. The van der Waals surface area contributed by atoms with Crippen molar-refractivity contribution in [3.05, 3.63) is 24.3 Å². The highest BCUT2D eigenvalue weighted by molar-refractivity contribution is 14.0. The van der Waals surface area contributed by atoms with E-state index in [0.717, 1.165) is 37.1 Å². The summed E-state index contributed by atoms with van der Waals surface area (Å²) in [7, 11) is 3.43. The number of aliphatic imine (C=N–C) groups is 1. The Morgan fingerprint density at radius 3 is 2.31 bits per heavy atom. The minimum atomic E-state index is 0. The topological polar surface area (TPSA) is 58.1 Å². The van der Waals surface area contributed by atoms with Crippen LogP contribution in [0.25, 0.3) is 0 Å². The molecule has 0 saturated carbocycles. The van der Waals surface area contributed by atoms with Crippen molar-refractivity contribution >= 4 is 29.9 Å². The Hall–Kier alpha value is -1.22. The van der Waals surface area contributed by atoms with Gasteiger partial charge < -0.3 is 20.1 Å². The third-order valence-electron chi connectivity index (χ3n) is 4.16. The minimum absolute atomic E-state index is 0. The number of ether oxygens (including phenoxy) is 2. The number of benzene rings is 1. The van der Waals surface area contributed by atoms with Crippen LogP contribution in [-0.2, 0) is 0 Å². The molecule has 0 aliphatic carbocycles. The van der Waals surface area contributed by atoms with Crippen molar-refractivity contribution in [3.63, 3.8) is 0 Å². The average molecular weight is 478 g/mol. The van der Waals surface area contributed by atoms with Crippen LogP contribution in [-0.4, -0.2) is 63.3 Å². The largest absolute Gasteiger partial charge is 0.497 e. The number of nitrogens with one attached hydrogen (secondary N) is 2. The summed E-state index contributed by atoms with van der Waals surface area (Å²) in [5, 5.41) is 6.69. The molecule has 2 N–H and O–H groups in total. The molecule has 0 aromatic heterocycles. The molecular weight excluding hydrogens is 443 g/mol. The molecule has 1 aromatic rings. The van der Waals surface area contributed by atoms with E-state index in [2.05, 4.69) is 41.3 Å². The summed E-state index contributed by atoms with van der Waals surface area (Å²) in [5.41, 5.74) is 0. The number of halogens is 1. The summed E-state index contributed by atoms with van der Waals surface area (Å²) >= 11 is 0. The third kappa shape index (κ3) is 8.93. The normalized spacial score (nSPS) is 13.6. The van der Waals surface area contributed by atoms with E-state index in [1.165, 1.54) is 0 Å². The van der Waals surface area contributed by atoms with Gasteiger partial charge in [0.1, 0.15) is 17.6 Å². The molecule has 2 unspecified atom stereocenters. The predicted octanol–water partition coefficient (Wildman–Crippen LogP) is 2.98. The second-order valence-corrected chi connectivity index (χ2v) is 6.01. The zero-order valence-electron chi connectivity index (χ0n) is 16.9. The fraction of sp³-hybridized carbons (Fsp3) is 0.632. The first-order chi connectivity index (χ1) is 12.0. The summed E-state index contributed by atoms with van der Waals surface area (Å²) in [6.07, 6.45) is 0.00543. The lowest BCUT2D eigenvalue weighted by atomic mass is 10.3. The molecule has 0 saturated heterocycles. The Kier molecular flexibility index (Phi) is 13.3. The second-order valence-electron chi connectivity index (χ2n) is 6.01. The zero-order valence-corrected chi connectivity index (χ0v) is 19.2. The molecule has 0 amide bonds. The van der Waals surface area contributed by atoms with Gasteiger partial charge in [-0.05, 0) is 39.1 Å². The summed E-state index contributed by atoms with van der Waals surface area (Å²) in [6, 6.07) is 8.09. The highest BCUT2D eigenvalue weighted by atomic mass is 127. The molecule has 1 aromatic carbocycles. The Bertz CT molecular complexity index is 524. The van der Waals surface area contributed by atoms with E-state index in [9.17, 15) is 0 Å². The van der Waals surface area contributed by atoms with Crippen LogP contribution in [0.2, 0.25) is 0 Å². The smallest absolute Gasteiger partial charge is 0.191 e. The van der Waals surface area contributed by atoms with Crippen molar-refractivity contribution in [2.75, 3.05) is 40.3 Å². The van der Waals surface area contributed by atoms with Gasteiger partial charge in [-0.15, -0.1) is 24.0 Å². The van der Waals surface area contributed by atoms with Crippen molar-refractivity contribution in [1.82, 2.24) is 15.5 Å². The van der Waals surface area contributed by atoms with Crippen LogP contribution in [0.1, 0.15) is 27.7 Å². The lowest BCUT2D eigenvalue weighted by Crippen LogP contribution is -2.47. The van der Waals surface area contributed by atoms with E-state index in [4.69, 9.17) is 9.47 Å². The van der Waals surface area contributed by atoms with Crippen molar-refractivity contribution < 1.29 is 9.47 Å². The number of hydrogen-bond donors (Lipinski definition) is 2. The van der Waals surface area contributed by atoms with Crippen LogP contribution in [0.15, 0.2) is 29.3 Å². The molecule has 0 aliphatic rings. The summed E-state index contributed by atoms with van der Waals surface area (Å²) < 4.78 is 11.1. The lowest BCUT2D eigenvalue weighted by Gasteiger charge is -2.27. The molecule has 0 bridgehead atoms. The van der Waals surface area contributed by atoms with Gasteiger partial charge in [0.25, 0.3) is 0 Å². The van der Waals surface area contributed by atoms with E-state index in [0.29, 0.717) is 12.6 Å². The Morgan fingerprint density at radius 1 is 1.12 bits per heavy atom. The zero-order chi connectivity index (χ0) is 18.7. The quantitative estimate of drug-likeness (QED) is 0.308. The number of guanidine groups is 1. The summed E-state index contributed by atoms with van der Waals surface area (Å²) in [4.78, 5) is 6.69. The van der Waals surface area contributed by atoms with Gasteiger partial charge in [0.15, 0.2) is 5.96 Å². The van der Waals surface area contributed by atoms with Gasteiger partial charge in [0.2, 0.25) is 0 Å². The van der Waals surface area contributed by atoms with E-state index >= 15 is 0 Å². The van der Waals surface area contributed by atoms with Crippen molar-refractivity contribution in [2.45, 2.75) is 39.8 Å². The van der Waals surface area contributed by atoms with Crippen LogP contribution < -0.4 is 20.1 Å².